The lowest BCUT2D eigenvalue weighted by Crippen LogP contribution is -2.45. The molecule has 0 bridgehead atoms. The molecule has 0 unspecified atom stereocenters. The van der Waals surface area contributed by atoms with Crippen molar-refractivity contribution in [3.63, 3.8) is 0 Å². The predicted molar refractivity (Wildman–Crippen MR) is 107 cm³/mol. The molecule has 8 nitrogen and oxygen atoms in total. The highest BCUT2D eigenvalue weighted by molar-refractivity contribution is 5.62. The standard InChI is InChI=1S/C20H24N6O2/c1-14-4-5-16(11-21-14)20-18(15(2)28-23-20)13-26-19(27)10-17(12-22-26)25-8-6-24(3)7-9-25/h4-5,10-12H,6-9,13H2,1-3H3. The molecular weight excluding hydrogens is 356 g/mol. The van der Waals surface area contributed by atoms with Crippen LogP contribution in [0.4, 0.5) is 5.69 Å². The first-order chi connectivity index (χ1) is 13.5. The molecule has 28 heavy (non-hydrogen) atoms. The maximum atomic E-state index is 12.7. The lowest BCUT2D eigenvalue weighted by Gasteiger charge is -2.33. The van der Waals surface area contributed by atoms with Crippen LogP contribution in [0, 0.1) is 13.8 Å². The van der Waals surface area contributed by atoms with E-state index < -0.39 is 0 Å². The van der Waals surface area contributed by atoms with Crippen LogP contribution >= 0.6 is 0 Å². The first-order valence-electron chi connectivity index (χ1n) is 9.40. The average molecular weight is 380 g/mol. The van der Waals surface area contributed by atoms with Crippen LogP contribution in [0.1, 0.15) is 17.0 Å². The van der Waals surface area contributed by atoms with Crippen LogP contribution in [0.25, 0.3) is 11.3 Å². The average Bonchev–Trinajstić information content (AvgIpc) is 3.05. The molecule has 0 radical (unpaired) electrons. The Bertz CT molecular complexity index is 1020. The van der Waals surface area contributed by atoms with Gasteiger partial charge in [-0.15, -0.1) is 0 Å². The monoisotopic (exact) mass is 380 g/mol. The van der Waals surface area contributed by atoms with E-state index in [1.54, 1.807) is 18.5 Å². The van der Waals surface area contributed by atoms with E-state index in [-0.39, 0.29) is 5.56 Å². The minimum absolute atomic E-state index is 0.134. The number of piperazine rings is 1. The van der Waals surface area contributed by atoms with Crippen molar-refractivity contribution in [2.45, 2.75) is 20.4 Å². The van der Waals surface area contributed by atoms with E-state index in [1.165, 1.54) is 4.68 Å². The fourth-order valence-corrected chi connectivity index (χ4v) is 3.34. The highest BCUT2D eigenvalue weighted by Crippen LogP contribution is 2.25. The molecule has 0 aliphatic carbocycles. The zero-order valence-corrected chi connectivity index (χ0v) is 16.4. The maximum absolute atomic E-state index is 12.7. The number of aryl methyl sites for hydroxylation is 2. The molecule has 0 amide bonds. The van der Waals surface area contributed by atoms with E-state index in [1.807, 2.05) is 26.0 Å². The van der Waals surface area contributed by atoms with Gasteiger partial charge in [-0.2, -0.15) is 5.10 Å². The zero-order valence-electron chi connectivity index (χ0n) is 16.4. The topological polar surface area (TPSA) is 80.3 Å². The zero-order chi connectivity index (χ0) is 19.7. The molecule has 0 aromatic carbocycles. The summed E-state index contributed by atoms with van der Waals surface area (Å²) in [5, 5.41) is 8.57. The smallest absolute Gasteiger partial charge is 0.269 e. The van der Waals surface area contributed by atoms with Gasteiger partial charge in [0.25, 0.3) is 5.56 Å². The lowest BCUT2D eigenvalue weighted by molar-refractivity contribution is 0.312. The number of rotatable bonds is 4. The molecule has 8 heteroatoms. The van der Waals surface area contributed by atoms with Gasteiger partial charge in [-0.3, -0.25) is 9.78 Å². The predicted octanol–water partition coefficient (Wildman–Crippen LogP) is 1.71. The normalized spacial score (nSPS) is 15.2. The van der Waals surface area contributed by atoms with Gasteiger partial charge in [-0.05, 0) is 33.0 Å². The van der Waals surface area contributed by atoms with E-state index >= 15 is 0 Å². The number of pyridine rings is 1. The Morgan fingerprint density at radius 1 is 1.11 bits per heavy atom. The van der Waals surface area contributed by atoms with Crippen LogP contribution < -0.4 is 10.5 Å². The number of anilines is 1. The Morgan fingerprint density at radius 3 is 2.57 bits per heavy atom. The summed E-state index contributed by atoms with van der Waals surface area (Å²) >= 11 is 0. The SMILES string of the molecule is Cc1ccc(-c2noc(C)c2Cn2ncc(N3CCN(C)CC3)cc2=O)cn1. The third-order valence-electron chi connectivity index (χ3n) is 5.20. The van der Waals surface area contributed by atoms with Gasteiger partial charge in [0.2, 0.25) is 0 Å². The summed E-state index contributed by atoms with van der Waals surface area (Å²) in [6.45, 7) is 7.85. The van der Waals surface area contributed by atoms with E-state index in [4.69, 9.17) is 4.52 Å². The summed E-state index contributed by atoms with van der Waals surface area (Å²) in [4.78, 5) is 21.5. The molecule has 146 valence electrons. The Labute approximate surface area is 163 Å². The Balaban J connectivity index is 1.59. The van der Waals surface area contributed by atoms with Gasteiger partial charge in [0, 0.05) is 55.3 Å². The van der Waals surface area contributed by atoms with Crippen molar-refractivity contribution >= 4 is 5.69 Å². The Morgan fingerprint density at radius 2 is 1.89 bits per heavy atom. The molecule has 1 aliphatic heterocycles. The first kappa shape index (κ1) is 18.4. The molecular formula is C20H24N6O2. The largest absolute Gasteiger partial charge is 0.368 e. The minimum Gasteiger partial charge on any atom is -0.368 e. The molecule has 0 N–H and O–H groups in total. The van der Waals surface area contributed by atoms with E-state index in [2.05, 4.69) is 32.1 Å². The van der Waals surface area contributed by atoms with Crippen LogP contribution in [-0.4, -0.2) is 58.0 Å². The van der Waals surface area contributed by atoms with Gasteiger partial charge < -0.3 is 14.3 Å². The third kappa shape index (κ3) is 3.68. The van der Waals surface area contributed by atoms with Crippen molar-refractivity contribution in [3.8, 4) is 11.3 Å². The van der Waals surface area contributed by atoms with Gasteiger partial charge in [0.1, 0.15) is 11.5 Å². The molecule has 1 saturated heterocycles. The van der Waals surface area contributed by atoms with Crippen molar-refractivity contribution in [2.75, 3.05) is 38.1 Å². The summed E-state index contributed by atoms with van der Waals surface area (Å²) in [6, 6.07) is 5.54. The number of nitrogens with zero attached hydrogens (tertiary/aromatic N) is 6. The van der Waals surface area contributed by atoms with Crippen molar-refractivity contribution < 1.29 is 4.52 Å². The Hall–Kier alpha value is -3.00. The van der Waals surface area contributed by atoms with Crippen molar-refractivity contribution in [1.82, 2.24) is 24.8 Å². The lowest BCUT2D eigenvalue weighted by atomic mass is 10.1. The summed E-state index contributed by atoms with van der Waals surface area (Å²) in [5.74, 6) is 0.674. The van der Waals surface area contributed by atoms with Gasteiger partial charge in [0.15, 0.2) is 0 Å². The van der Waals surface area contributed by atoms with Crippen molar-refractivity contribution in [2.24, 2.45) is 0 Å². The highest BCUT2D eigenvalue weighted by atomic mass is 16.5. The summed E-state index contributed by atoms with van der Waals surface area (Å²) in [6.07, 6.45) is 3.53. The first-order valence-corrected chi connectivity index (χ1v) is 9.40. The highest BCUT2D eigenvalue weighted by Gasteiger charge is 2.18. The van der Waals surface area contributed by atoms with Crippen LogP contribution in [-0.2, 0) is 6.54 Å². The fraction of sp³-hybridized carbons (Fsp3) is 0.400. The maximum Gasteiger partial charge on any atom is 0.269 e. The quantitative estimate of drug-likeness (QED) is 0.682. The van der Waals surface area contributed by atoms with Gasteiger partial charge >= 0.3 is 0 Å². The van der Waals surface area contributed by atoms with Crippen LogP contribution in [0.2, 0.25) is 0 Å². The second kappa shape index (κ2) is 7.55. The number of aromatic nitrogens is 4. The Kier molecular flexibility index (Phi) is 4.95. The summed E-state index contributed by atoms with van der Waals surface area (Å²) in [7, 11) is 2.11. The van der Waals surface area contributed by atoms with E-state index in [9.17, 15) is 4.79 Å². The molecule has 1 fully saturated rings. The van der Waals surface area contributed by atoms with Crippen molar-refractivity contribution in [1.29, 1.82) is 0 Å². The second-order valence-electron chi connectivity index (χ2n) is 7.25. The fourth-order valence-electron chi connectivity index (χ4n) is 3.34. The van der Waals surface area contributed by atoms with Gasteiger partial charge in [-0.25, -0.2) is 4.68 Å². The molecule has 1 aliphatic rings. The third-order valence-corrected chi connectivity index (χ3v) is 5.20. The molecule has 3 aromatic rings. The van der Waals surface area contributed by atoms with E-state index in [0.29, 0.717) is 18.0 Å². The van der Waals surface area contributed by atoms with Crippen LogP contribution in [0.15, 0.2) is 39.9 Å². The number of hydrogen-bond donors (Lipinski definition) is 0. The summed E-state index contributed by atoms with van der Waals surface area (Å²) in [5.41, 5.74) is 4.07. The number of likely N-dealkylation sites (N-methyl/N-ethyl adjacent to an activating group) is 1. The van der Waals surface area contributed by atoms with Crippen molar-refractivity contribution in [3.05, 3.63) is 58.0 Å². The number of hydrogen-bond acceptors (Lipinski definition) is 7. The summed E-state index contributed by atoms with van der Waals surface area (Å²) < 4.78 is 6.84. The van der Waals surface area contributed by atoms with Crippen LogP contribution in [0.5, 0.6) is 0 Å². The van der Waals surface area contributed by atoms with Crippen LogP contribution in [0.3, 0.4) is 0 Å². The minimum atomic E-state index is -0.134. The second-order valence-corrected chi connectivity index (χ2v) is 7.25. The molecule has 4 rings (SSSR count). The molecule has 0 spiro atoms. The van der Waals surface area contributed by atoms with E-state index in [0.717, 1.165) is 48.7 Å². The molecule has 4 heterocycles. The molecule has 0 atom stereocenters. The molecule has 3 aromatic heterocycles. The molecule has 0 saturated carbocycles. The van der Waals surface area contributed by atoms with Gasteiger partial charge in [-0.1, -0.05) is 5.16 Å². The van der Waals surface area contributed by atoms with Gasteiger partial charge in [0.05, 0.1) is 18.4 Å².